The minimum absolute atomic E-state index is 0.250. The minimum atomic E-state index is 0.250. The van der Waals surface area contributed by atoms with Gasteiger partial charge < -0.3 is 16.4 Å². The number of benzene rings is 1. The summed E-state index contributed by atoms with van der Waals surface area (Å²) >= 11 is 1.49. The molecule has 1 saturated heterocycles. The molecule has 1 heterocycles. The molecule has 0 saturated carbocycles. The van der Waals surface area contributed by atoms with Gasteiger partial charge in [-0.05, 0) is 80.8 Å². The Morgan fingerprint density at radius 2 is 1.71 bits per heavy atom. The molecule has 4 rings (SSSR count). The first kappa shape index (κ1) is 19.1. The SMILES string of the molecule is CN1CCC(SN)C1.NC=O.Nc1c2c(cc3c1CCC3)CCC2. The molecule has 1 aromatic carbocycles. The zero-order valence-electron chi connectivity index (χ0n) is 14.6. The third-order valence-corrected chi connectivity index (χ3v) is 5.83. The molecule has 24 heavy (non-hydrogen) atoms. The second kappa shape index (κ2) is 9.30. The summed E-state index contributed by atoms with van der Waals surface area (Å²) in [4.78, 5) is 10.9. The van der Waals surface area contributed by atoms with E-state index < -0.39 is 0 Å². The van der Waals surface area contributed by atoms with Crippen molar-refractivity contribution in [1.82, 2.24) is 4.90 Å². The number of carbonyl (C=O) groups is 1. The first-order valence-corrected chi connectivity index (χ1v) is 9.66. The van der Waals surface area contributed by atoms with Crippen molar-refractivity contribution >= 4 is 24.0 Å². The maximum absolute atomic E-state index is 8.58. The average molecular weight is 351 g/mol. The Hall–Kier alpha value is -1.24. The number of nitrogens with zero attached hydrogens (tertiary/aromatic N) is 1. The van der Waals surface area contributed by atoms with Crippen LogP contribution in [0.1, 0.15) is 41.5 Å². The van der Waals surface area contributed by atoms with Crippen LogP contribution in [0.15, 0.2) is 6.07 Å². The topological polar surface area (TPSA) is 98.4 Å². The van der Waals surface area contributed by atoms with Gasteiger partial charge >= 0.3 is 0 Å². The number of nitrogens with two attached hydrogens (primary N) is 3. The number of carbonyl (C=O) groups excluding carboxylic acids is 1. The van der Waals surface area contributed by atoms with Crippen LogP contribution in [0.25, 0.3) is 0 Å². The number of primary amides is 1. The molecule has 1 atom stereocenters. The minimum Gasteiger partial charge on any atom is -0.398 e. The molecule has 1 amide bonds. The van der Waals surface area contributed by atoms with Crippen LogP contribution in [0.4, 0.5) is 5.69 Å². The van der Waals surface area contributed by atoms with Gasteiger partial charge in [0, 0.05) is 17.5 Å². The summed E-state index contributed by atoms with van der Waals surface area (Å²) in [6.07, 6.45) is 9.07. The fourth-order valence-corrected chi connectivity index (χ4v) is 4.45. The fraction of sp³-hybridized carbons (Fsp3) is 0.611. The van der Waals surface area contributed by atoms with E-state index in [1.165, 1.54) is 92.2 Å². The van der Waals surface area contributed by atoms with Gasteiger partial charge in [0.2, 0.25) is 6.41 Å². The summed E-state index contributed by atoms with van der Waals surface area (Å²) in [5.41, 5.74) is 17.5. The first-order chi connectivity index (χ1) is 11.6. The molecule has 0 bridgehead atoms. The largest absolute Gasteiger partial charge is 0.398 e. The van der Waals surface area contributed by atoms with E-state index in [2.05, 4.69) is 23.7 Å². The van der Waals surface area contributed by atoms with Crippen molar-refractivity contribution in [3.05, 3.63) is 28.3 Å². The monoisotopic (exact) mass is 350 g/mol. The number of likely N-dealkylation sites (tertiary alicyclic amines) is 1. The summed E-state index contributed by atoms with van der Waals surface area (Å²) in [6, 6.07) is 2.42. The molecule has 5 nitrogen and oxygen atoms in total. The summed E-state index contributed by atoms with van der Waals surface area (Å²) in [6.45, 7) is 2.38. The Morgan fingerprint density at radius 3 is 2.08 bits per heavy atom. The predicted octanol–water partition coefficient (Wildman–Crippen LogP) is 1.65. The molecule has 1 unspecified atom stereocenters. The van der Waals surface area contributed by atoms with Crippen molar-refractivity contribution in [3.63, 3.8) is 0 Å². The zero-order chi connectivity index (χ0) is 17.5. The molecular formula is C18H30N4OS. The Labute approximate surface area is 149 Å². The molecular weight excluding hydrogens is 320 g/mol. The number of amides is 1. The van der Waals surface area contributed by atoms with E-state index >= 15 is 0 Å². The van der Waals surface area contributed by atoms with E-state index in [9.17, 15) is 0 Å². The van der Waals surface area contributed by atoms with E-state index in [-0.39, 0.29) is 6.41 Å². The van der Waals surface area contributed by atoms with Gasteiger partial charge in [-0.15, -0.1) is 0 Å². The molecule has 6 heteroatoms. The van der Waals surface area contributed by atoms with Gasteiger partial charge in [0.05, 0.1) is 0 Å². The number of fused-ring (bicyclic) bond motifs is 2. The molecule has 1 fully saturated rings. The summed E-state index contributed by atoms with van der Waals surface area (Å²) in [5.74, 6) is 0. The zero-order valence-corrected chi connectivity index (χ0v) is 15.4. The molecule has 1 aromatic rings. The Balaban J connectivity index is 0.000000163. The highest BCUT2D eigenvalue weighted by atomic mass is 32.2. The van der Waals surface area contributed by atoms with E-state index in [0.717, 1.165) is 5.69 Å². The number of hydrogen-bond acceptors (Lipinski definition) is 5. The second-order valence-corrected chi connectivity index (χ2v) is 7.66. The molecule has 134 valence electrons. The van der Waals surface area contributed by atoms with E-state index in [1.54, 1.807) is 0 Å². The van der Waals surface area contributed by atoms with Crippen molar-refractivity contribution in [1.29, 1.82) is 0 Å². The van der Waals surface area contributed by atoms with E-state index in [0.29, 0.717) is 5.25 Å². The van der Waals surface area contributed by atoms with Crippen molar-refractivity contribution in [2.45, 2.75) is 50.2 Å². The van der Waals surface area contributed by atoms with Crippen LogP contribution in [0.5, 0.6) is 0 Å². The lowest BCUT2D eigenvalue weighted by Gasteiger charge is -2.10. The third kappa shape index (κ3) is 4.65. The Kier molecular flexibility index (Phi) is 7.40. The lowest BCUT2D eigenvalue weighted by Crippen LogP contribution is -2.15. The van der Waals surface area contributed by atoms with Gasteiger partial charge in [0.15, 0.2) is 0 Å². The van der Waals surface area contributed by atoms with Gasteiger partial charge in [-0.2, -0.15) is 0 Å². The Morgan fingerprint density at radius 1 is 1.17 bits per heavy atom. The highest BCUT2D eigenvalue weighted by Crippen LogP contribution is 2.36. The highest BCUT2D eigenvalue weighted by molar-refractivity contribution is 7.97. The van der Waals surface area contributed by atoms with Crippen LogP contribution in [0.3, 0.4) is 0 Å². The summed E-state index contributed by atoms with van der Waals surface area (Å²) in [7, 11) is 2.14. The maximum Gasteiger partial charge on any atom is 0.204 e. The average Bonchev–Trinajstić information content (AvgIpc) is 3.29. The van der Waals surface area contributed by atoms with Gasteiger partial charge in [0.25, 0.3) is 0 Å². The van der Waals surface area contributed by atoms with E-state index in [4.69, 9.17) is 15.7 Å². The molecule has 3 aliphatic rings. The number of anilines is 1. The summed E-state index contributed by atoms with van der Waals surface area (Å²) < 4.78 is 0. The lowest BCUT2D eigenvalue weighted by molar-refractivity contribution is -0.106. The Bertz CT molecular complexity index is 532. The molecule has 0 radical (unpaired) electrons. The van der Waals surface area contributed by atoms with Crippen molar-refractivity contribution in [2.75, 3.05) is 25.9 Å². The molecule has 0 aromatic heterocycles. The number of hydrogen-bond donors (Lipinski definition) is 3. The summed E-state index contributed by atoms with van der Waals surface area (Å²) in [5, 5.41) is 6.08. The smallest absolute Gasteiger partial charge is 0.204 e. The van der Waals surface area contributed by atoms with Crippen LogP contribution >= 0.6 is 11.9 Å². The van der Waals surface area contributed by atoms with Crippen LogP contribution in [0, 0.1) is 0 Å². The van der Waals surface area contributed by atoms with Gasteiger partial charge in [-0.1, -0.05) is 18.0 Å². The predicted molar refractivity (Wildman–Crippen MR) is 103 cm³/mol. The maximum atomic E-state index is 8.58. The quantitative estimate of drug-likeness (QED) is 0.406. The van der Waals surface area contributed by atoms with Gasteiger partial charge in [-0.25, -0.2) is 0 Å². The van der Waals surface area contributed by atoms with Crippen LogP contribution in [-0.2, 0) is 30.5 Å². The molecule has 6 N–H and O–H groups in total. The van der Waals surface area contributed by atoms with Crippen LogP contribution < -0.4 is 16.6 Å². The van der Waals surface area contributed by atoms with Crippen molar-refractivity contribution in [3.8, 4) is 0 Å². The van der Waals surface area contributed by atoms with Crippen LogP contribution in [-0.4, -0.2) is 36.7 Å². The normalized spacial score (nSPS) is 21.2. The first-order valence-electron chi connectivity index (χ1n) is 8.72. The fourth-order valence-electron chi connectivity index (χ4n) is 3.87. The van der Waals surface area contributed by atoms with E-state index in [1.807, 2.05) is 0 Å². The van der Waals surface area contributed by atoms with Crippen LogP contribution in [0.2, 0.25) is 0 Å². The van der Waals surface area contributed by atoms with Crippen molar-refractivity contribution in [2.24, 2.45) is 10.9 Å². The highest BCUT2D eigenvalue weighted by Gasteiger charge is 2.21. The molecule has 1 aliphatic heterocycles. The number of nitrogen functional groups attached to an aromatic ring is 1. The lowest BCUT2D eigenvalue weighted by atomic mass is 9.99. The number of aryl methyl sites for hydroxylation is 2. The van der Waals surface area contributed by atoms with Gasteiger partial charge in [-0.3, -0.25) is 9.93 Å². The molecule has 0 spiro atoms. The van der Waals surface area contributed by atoms with Gasteiger partial charge in [0.1, 0.15) is 0 Å². The third-order valence-electron chi connectivity index (χ3n) is 5.06. The number of rotatable bonds is 1. The second-order valence-electron chi connectivity index (χ2n) is 6.72. The molecule has 2 aliphatic carbocycles. The standard InChI is InChI=1S/C12H15N.C5H12N2S.CH3NO/c13-12-10-5-1-3-8(10)7-9-4-2-6-11(9)12;1-7-3-2-5(4-7)8-6;2-1-3/h7H,1-6,13H2;5H,2-4,6H2,1H3;1H,(H2,2,3). The van der Waals surface area contributed by atoms with Crippen molar-refractivity contribution < 1.29 is 4.79 Å².